The lowest BCUT2D eigenvalue weighted by atomic mass is 10.2. The summed E-state index contributed by atoms with van der Waals surface area (Å²) in [6.45, 7) is 2.95. The molecule has 188 valence electrons. The molecule has 0 aliphatic carbocycles. The highest BCUT2D eigenvalue weighted by Crippen LogP contribution is 2.13. The first kappa shape index (κ1) is 25.7. The van der Waals surface area contributed by atoms with Gasteiger partial charge in [0.15, 0.2) is 5.57 Å². The van der Waals surface area contributed by atoms with Crippen LogP contribution < -0.4 is 24.8 Å². The van der Waals surface area contributed by atoms with Gasteiger partial charge in [-0.1, -0.05) is 50.1 Å². The highest BCUT2D eigenvalue weighted by molar-refractivity contribution is 7.07. The first-order chi connectivity index (χ1) is 18.1. The Kier molecular flexibility index (Phi) is 8.74. The van der Waals surface area contributed by atoms with E-state index in [1.165, 1.54) is 10.8 Å². The van der Waals surface area contributed by atoms with Gasteiger partial charge in [-0.25, -0.2) is 0 Å². The molecule has 4 aromatic rings. The third-order valence-corrected chi connectivity index (χ3v) is 6.68. The van der Waals surface area contributed by atoms with Gasteiger partial charge in [-0.15, -0.1) is 11.3 Å². The molecule has 0 unspecified atom stereocenters. The lowest BCUT2D eigenvalue weighted by Crippen LogP contribution is -2.33. The molecule has 0 saturated carbocycles. The average molecular weight is 514 g/mol. The normalized spacial score (nSPS) is 12.2. The molecule has 0 fully saturated rings. The summed E-state index contributed by atoms with van der Waals surface area (Å²) in [6, 6.07) is 21.9. The minimum absolute atomic E-state index is 0.129. The first-order valence-electron chi connectivity index (χ1n) is 12.1. The molecule has 1 N–H and O–H groups in total. The molecule has 2 aromatic carbocycles. The van der Waals surface area contributed by atoms with Crippen LogP contribution in [0.3, 0.4) is 0 Å². The Hall–Kier alpha value is -4.35. The number of ether oxygens (including phenoxy) is 1. The molecule has 4 rings (SSSR count). The number of rotatable bonds is 10. The Morgan fingerprint density at radius 3 is 2.57 bits per heavy atom. The number of benzene rings is 2. The molecule has 8 heteroatoms. The summed E-state index contributed by atoms with van der Waals surface area (Å²) < 4.78 is 13.1. The number of aromatic nitrogens is 1. The molecule has 1 amide bonds. The van der Waals surface area contributed by atoms with Crippen molar-refractivity contribution in [2.75, 3.05) is 6.61 Å². The van der Waals surface area contributed by atoms with E-state index in [1.807, 2.05) is 36.4 Å². The number of amides is 1. The molecule has 0 atom stereocenters. The molecular formula is C29H27N3O4S. The summed E-state index contributed by atoms with van der Waals surface area (Å²) in [4.78, 5) is 26.5. The second kappa shape index (κ2) is 12.6. The molecule has 0 saturated heterocycles. The average Bonchev–Trinajstić information content (AvgIpc) is 3.55. The van der Waals surface area contributed by atoms with Gasteiger partial charge in [-0.2, -0.15) is 5.26 Å². The largest absolute Gasteiger partial charge is 0.494 e. The third kappa shape index (κ3) is 6.46. The van der Waals surface area contributed by atoms with Crippen molar-refractivity contribution in [1.82, 2.24) is 9.88 Å². The van der Waals surface area contributed by atoms with Gasteiger partial charge in [0.25, 0.3) is 11.5 Å². The lowest BCUT2D eigenvalue weighted by Gasteiger charge is -2.05. The van der Waals surface area contributed by atoms with Gasteiger partial charge in [-0.3, -0.25) is 14.2 Å². The Labute approximate surface area is 218 Å². The molecule has 2 aromatic heterocycles. The van der Waals surface area contributed by atoms with Crippen molar-refractivity contribution in [2.45, 2.75) is 32.7 Å². The van der Waals surface area contributed by atoms with Crippen LogP contribution in [-0.2, 0) is 11.3 Å². The molecule has 37 heavy (non-hydrogen) atoms. The summed E-state index contributed by atoms with van der Waals surface area (Å²) >= 11 is 1.10. The summed E-state index contributed by atoms with van der Waals surface area (Å²) in [5.41, 5.74) is 0.929. The molecular weight excluding hydrogens is 486 g/mol. The van der Waals surface area contributed by atoms with Gasteiger partial charge in [0, 0.05) is 0 Å². The molecule has 2 heterocycles. The van der Waals surface area contributed by atoms with Crippen molar-refractivity contribution in [3.05, 3.63) is 104 Å². The number of furan rings is 1. The number of nitrogens with one attached hydrogen (secondary N) is 1. The number of nitriles is 1. The zero-order chi connectivity index (χ0) is 26.0. The van der Waals surface area contributed by atoms with Gasteiger partial charge in [0.1, 0.15) is 22.2 Å². The third-order valence-electron chi connectivity index (χ3n) is 5.59. The number of carbonyl (C=O) groups excluding carboxylic acids is 1. The van der Waals surface area contributed by atoms with Crippen molar-refractivity contribution in [2.24, 2.45) is 0 Å². The fourth-order valence-electron chi connectivity index (χ4n) is 3.68. The van der Waals surface area contributed by atoms with Crippen LogP contribution in [0.2, 0.25) is 0 Å². The van der Waals surface area contributed by atoms with E-state index in [4.69, 9.17) is 9.15 Å². The van der Waals surface area contributed by atoms with Crippen LogP contribution >= 0.6 is 11.3 Å². The van der Waals surface area contributed by atoms with Crippen molar-refractivity contribution < 1.29 is 13.9 Å². The topological polar surface area (TPSA) is 97.3 Å². The number of hydrogen-bond acceptors (Lipinski definition) is 6. The minimum atomic E-state index is -0.582. The Morgan fingerprint density at radius 2 is 1.89 bits per heavy atom. The van der Waals surface area contributed by atoms with E-state index >= 15 is 0 Å². The maximum Gasteiger partial charge on any atom is 0.273 e. The highest BCUT2D eigenvalue weighted by atomic mass is 32.1. The maximum atomic E-state index is 13.5. The predicted molar refractivity (Wildman–Crippen MR) is 144 cm³/mol. The van der Waals surface area contributed by atoms with Gasteiger partial charge >= 0.3 is 0 Å². The van der Waals surface area contributed by atoms with Crippen LogP contribution in [0.15, 0.2) is 82.2 Å². The van der Waals surface area contributed by atoms with Gasteiger partial charge < -0.3 is 14.5 Å². The Morgan fingerprint density at radius 1 is 1.11 bits per heavy atom. The maximum absolute atomic E-state index is 13.5. The summed E-state index contributed by atoms with van der Waals surface area (Å²) in [5, 5.41) is 12.6. The number of thiazole rings is 1. The first-order valence-corrected chi connectivity index (χ1v) is 12.9. The zero-order valence-electron chi connectivity index (χ0n) is 20.5. The monoisotopic (exact) mass is 513 g/mol. The predicted octanol–water partition coefficient (Wildman–Crippen LogP) is 3.88. The Balaban J connectivity index is 1.73. The van der Waals surface area contributed by atoms with E-state index in [0.717, 1.165) is 41.9 Å². The molecule has 0 bridgehead atoms. The number of nitrogens with zero attached hydrogens (tertiary/aromatic N) is 2. The van der Waals surface area contributed by atoms with Crippen molar-refractivity contribution in [1.29, 1.82) is 5.26 Å². The summed E-state index contributed by atoms with van der Waals surface area (Å²) in [6.07, 6.45) is 6.54. The molecule has 0 aliphatic rings. The molecule has 0 radical (unpaired) electrons. The van der Waals surface area contributed by atoms with E-state index < -0.39 is 5.91 Å². The zero-order valence-corrected chi connectivity index (χ0v) is 21.3. The minimum Gasteiger partial charge on any atom is -0.494 e. The summed E-state index contributed by atoms with van der Waals surface area (Å²) in [7, 11) is 0. The van der Waals surface area contributed by atoms with Crippen LogP contribution in [0.4, 0.5) is 0 Å². The lowest BCUT2D eigenvalue weighted by molar-refractivity contribution is -0.115. The fourth-order valence-corrected chi connectivity index (χ4v) is 4.78. The highest BCUT2D eigenvalue weighted by Gasteiger charge is 2.17. The van der Waals surface area contributed by atoms with E-state index in [9.17, 15) is 14.9 Å². The molecule has 0 aliphatic heterocycles. The molecule has 7 nitrogen and oxygen atoms in total. The van der Waals surface area contributed by atoms with E-state index in [0.29, 0.717) is 22.6 Å². The quantitative estimate of drug-likeness (QED) is 0.325. The second-order valence-electron chi connectivity index (χ2n) is 8.27. The van der Waals surface area contributed by atoms with Crippen LogP contribution in [0.1, 0.15) is 37.5 Å². The fraction of sp³-hybridized carbons (Fsp3) is 0.207. The van der Waals surface area contributed by atoms with Crippen LogP contribution in [-0.4, -0.2) is 17.1 Å². The molecule has 0 spiro atoms. The van der Waals surface area contributed by atoms with Gasteiger partial charge in [0.2, 0.25) is 0 Å². The smallest absolute Gasteiger partial charge is 0.273 e. The van der Waals surface area contributed by atoms with Crippen LogP contribution in [0.25, 0.3) is 17.3 Å². The number of carbonyl (C=O) groups is 1. The summed E-state index contributed by atoms with van der Waals surface area (Å²) in [5.74, 6) is 0.750. The van der Waals surface area contributed by atoms with Crippen molar-refractivity contribution in [3.63, 3.8) is 0 Å². The van der Waals surface area contributed by atoms with E-state index in [2.05, 4.69) is 12.2 Å². The van der Waals surface area contributed by atoms with E-state index in [-0.39, 0.29) is 22.3 Å². The van der Waals surface area contributed by atoms with Crippen LogP contribution in [0, 0.1) is 11.3 Å². The number of hydrogen-bond donors (Lipinski definition) is 1. The van der Waals surface area contributed by atoms with Gasteiger partial charge in [0.05, 0.1) is 29.6 Å². The van der Waals surface area contributed by atoms with Crippen molar-refractivity contribution in [3.8, 4) is 17.5 Å². The second-order valence-corrected chi connectivity index (χ2v) is 9.30. The number of para-hydroxylation sites is 1. The number of unbranched alkanes of at least 4 members (excludes halogenated alkanes) is 2. The van der Waals surface area contributed by atoms with Crippen molar-refractivity contribution >= 4 is 28.9 Å². The van der Waals surface area contributed by atoms with Gasteiger partial charge in [-0.05, 0) is 54.5 Å². The SMILES string of the molecule is CCCCCOc1ccc(/C=c2/s/c(=C(/C#N)C(=O)NCc3ccco3)n(-c3ccccc3)c2=O)cc1. The van der Waals surface area contributed by atoms with E-state index in [1.54, 1.807) is 42.5 Å². The van der Waals surface area contributed by atoms with Crippen LogP contribution in [0.5, 0.6) is 5.75 Å². The standard InChI is InChI=1S/C29H27N3O4S/c1-2-3-7-16-35-23-14-12-21(13-15-23)18-26-28(34)32(22-9-5-4-6-10-22)29(37-26)25(19-30)27(33)31-20-24-11-8-17-36-24/h4-6,8-15,17-18H,2-3,7,16,20H2,1H3,(H,31,33)/b26-18+,29-25-. The Bertz CT molecular complexity index is 1540.